The van der Waals surface area contributed by atoms with E-state index in [2.05, 4.69) is 24.0 Å². The van der Waals surface area contributed by atoms with Gasteiger partial charge in [-0.15, -0.1) is 0 Å². The van der Waals surface area contributed by atoms with Crippen molar-refractivity contribution in [2.75, 3.05) is 70.1 Å². The number of rotatable bonds is 13. The molecule has 0 unspecified atom stereocenters. The van der Waals surface area contributed by atoms with Gasteiger partial charge < -0.3 is 14.2 Å². The molecule has 1 aliphatic heterocycles. The number of carbonyl (C=O) groups is 2. The molecule has 0 aromatic heterocycles. The predicted octanol–water partition coefficient (Wildman–Crippen LogP) is 7.50. The molecule has 0 spiro atoms. The van der Waals surface area contributed by atoms with Gasteiger partial charge >= 0.3 is 11.9 Å². The molecule has 43 heavy (non-hydrogen) atoms. The highest BCUT2D eigenvalue weighted by atomic mass is 33.1. The summed E-state index contributed by atoms with van der Waals surface area (Å²) in [5.74, 6) is 2.10. The van der Waals surface area contributed by atoms with Crippen LogP contribution in [0.15, 0.2) is 24.3 Å². The summed E-state index contributed by atoms with van der Waals surface area (Å²) in [7, 11) is 2.04. The van der Waals surface area contributed by atoms with Crippen LogP contribution in [-0.2, 0) is 32.7 Å². The van der Waals surface area contributed by atoms with Crippen molar-refractivity contribution in [2.45, 2.75) is 81.6 Å². The summed E-state index contributed by atoms with van der Waals surface area (Å²) in [6, 6.07) is 0. The Bertz CT molecular complexity index is 843. The quantitative estimate of drug-likeness (QED) is 0.0833. The first-order valence-electron chi connectivity index (χ1n) is 14.9. The van der Waals surface area contributed by atoms with Crippen molar-refractivity contribution in [3.05, 3.63) is 24.3 Å². The van der Waals surface area contributed by atoms with E-state index in [4.69, 9.17) is 14.2 Å². The Labute approximate surface area is 276 Å². The Morgan fingerprint density at radius 3 is 1.77 bits per heavy atom. The fraction of sp³-hybridized carbons (Fsp3) is 0.806. The monoisotopic (exact) mass is 687 g/mol. The van der Waals surface area contributed by atoms with Crippen LogP contribution < -0.4 is 0 Å². The van der Waals surface area contributed by atoms with E-state index in [1.807, 2.05) is 89.1 Å². The van der Waals surface area contributed by atoms with E-state index in [0.717, 1.165) is 62.1 Å². The lowest BCUT2D eigenvalue weighted by atomic mass is 9.97. The molecule has 0 bridgehead atoms. The minimum absolute atomic E-state index is 0.116. The number of hydrogen-bond acceptors (Lipinski definition) is 11. The van der Waals surface area contributed by atoms with Crippen molar-refractivity contribution in [1.82, 2.24) is 4.90 Å². The third kappa shape index (κ3) is 37.4. The number of ether oxygens (including phenoxy) is 3. The molecule has 1 rings (SSSR count). The van der Waals surface area contributed by atoms with Crippen molar-refractivity contribution in [1.29, 1.82) is 0 Å². The largest absolute Gasteiger partial charge is 0.465 e. The SMILES string of the molecule is CC/C=C\COC(=O)C(C)(C)C.CC/C=C\CSSCCN1CCOCC1.CCCOC(=O)C(C)(C)C.CSS(C)(=O)=O. The van der Waals surface area contributed by atoms with E-state index >= 15 is 0 Å². The number of carbonyl (C=O) groups excluding carboxylic acids is 2. The summed E-state index contributed by atoms with van der Waals surface area (Å²) < 4.78 is 35.1. The van der Waals surface area contributed by atoms with Crippen LogP contribution in [0.25, 0.3) is 0 Å². The predicted molar refractivity (Wildman–Crippen MR) is 191 cm³/mol. The normalized spacial score (nSPS) is 14.1. The molecule has 0 aromatic carbocycles. The number of nitrogens with zero attached hydrogens (tertiary/aromatic N) is 1. The standard InChI is InChI=1S/C11H21NOS2.C10H18O2.C8H16O2.C2H6O2S2/c1-2-3-4-10-14-15-11-7-12-5-8-13-9-6-12;1-5-6-7-8-12-9(11)10(2,3)4;1-5-6-10-7(9)8(2,3)4;1-5-6(2,3)4/h3-4H,2,5-11H2,1H3;6-7H,5,8H2,1-4H3;5-6H2,1-4H3;1-2H3/b4-3-;7-6-;;. The Morgan fingerprint density at radius 2 is 1.33 bits per heavy atom. The molecule has 1 fully saturated rings. The van der Waals surface area contributed by atoms with Gasteiger partial charge in [0.25, 0.3) is 0 Å². The van der Waals surface area contributed by atoms with Crippen molar-refractivity contribution in [2.24, 2.45) is 10.8 Å². The summed E-state index contributed by atoms with van der Waals surface area (Å²) in [6.45, 7) is 23.5. The Kier molecular flexibility index (Phi) is 31.3. The van der Waals surface area contributed by atoms with Gasteiger partial charge in [-0.1, -0.05) is 66.7 Å². The molecule has 8 nitrogen and oxygen atoms in total. The van der Waals surface area contributed by atoms with E-state index in [9.17, 15) is 18.0 Å². The van der Waals surface area contributed by atoms with Crippen LogP contribution in [0.4, 0.5) is 0 Å². The lowest BCUT2D eigenvalue weighted by Crippen LogP contribution is -2.37. The van der Waals surface area contributed by atoms with Gasteiger partial charge in [0.15, 0.2) is 8.87 Å². The molecule has 0 aromatic rings. The highest BCUT2D eigenvalue weighted by Gasteiger charge is 2.23. The smallest absolute Gasteiger partial charge is 0.311 e. The van der Waals surface area contributed by atoms with E-state index in [1.54, 1.807) is 0 Å². The van der Waals surface area contributed by atoms with Crippen molar-refractivity contribution in [3.8, 4) is 0 Å². The molecule has 0 saturated carbocycles. The average molecular weight is 688 g/mol. The molecule has 0 atom stereocenters. The molecule has 0 N–H and O–H groups in total. The van der Waals surface area contributed by atoms with Crippen LogP contribution in [-0.4, -0.2) is 95.3 Å². The summed E-state index contributed by atoms with van der Waals surface area (Å²) in [6.07, 6.45) is 14.1. The van der Waals surface area contributed by atoms with Gasteiger partial charge in [-0.05, 0) is 77.9 Å². The van der Waals surface area contributed by atoms with Crippen molar-refractivity contribution in [3.63, 3.8) is 0 Å². The van der Waals surface area contributed by atoms with E-state index in [0.29, 0.717) is 13.2 Å². The van der Waals surface area contributed by atoms with Crippen LogP contribution >= 0.6 is 32.4 Å². The first kappa shape index (κ1) is 46.8. The fourth-order valence-corrected chi connectivity index (χ4v) is 4.22. The molecule has 0 amide bonds. The molecule has 0 aliphatic carbocycles. The second-order valence-electron chi connectivity index (χ2n) is 11.4. The zero-order valence-electron chi connectivity index (χ0n) is 28.7. The maximum Gasteiger partial charge on any atom is 0.311 e. The van der Waals surface area contributed by atoms with Gasteiger partial charge in [-0.3, -0.25) is 14.5 Å². The minimum atomic E-state index is -2.75. The molecule has 12 heteroatoms. The topological polar surface area (TPSA) is 99.2 Å². The number of esters is 2. The molecule has 1 aliphatic rings. The van der Waals surface area contributed by atoms with Gasteiger partial charge in [-0.2, -0.15) is 0 Å². The van der Waals surface area contributed by atoms with E-state index < -0.39 is 8.87 Å². The first-order valence-corrected chi connectivity index (χ1v) is 21.0. The van der Waals surface area contributed by atoms with E-state index in [-0.39, 0.29) is 22.8 Å². The number of morpholine rings is 1. The second-order valence-corrected chi connectivity index (χ2v) is 18.6. The highest BCUT2D eigenvalue weighted by Crippen LogP contribution is 2.21. The van der Waals surface area contributed by atoms with Crippen LogP contribution in [0.2, 0.25) is 0 Å². The van der Waals surface area contributed by atoms with Gasteiger partial charge in [0.1, 0.15) is 6.61 Å². The summed E-state index contributed by atoms with van der Waals surface area (Å²) in [4.78, 5) is 24.7. The van der Waals surface area contributed by atoms with Crippen LogP contribution in [0.1, 0.15) is 81.6 Å². The van der Waals surface area contributed by atoms with E-state index in [1.165, 1.54) is 24.8 Å². The fourth-order valence-electron chi connectivity index (χ4n) is 2.36. The van der Waals surface area contributed by atoms with Crippen molar-refractivity contribution < 1.29 is 32.2 Å². The lowest BCUT2D eigenvalue weighted by Gasteiger charge is -2.26. The van der Waals surface area contributed by atoms with Gasteiger partial charge in [0.05, 0.1) is 30.7 Å². The second kappa shape index (κ2) is 28.8. The minimum Gasteiger partial charge on any atom is -0.465 e. The zero-order chi connectivity index (χ0) is 33.8. The Balaban J connectivity index is -0.000000519. The van der Waals surface area contributed by atoms with Crippen LogP contribution in [0.3, 0.4) is 0 Å². The lowest BCUT2D eigenvalue weighted by molar-refractivity contribution is -0.153. The molecule has 1 heterocycles. The molecule has 0 radical (unpaired) electrons. The van der Waals surface area contributed by atoms with Gasteiger partial charge in [0.2, 0.25) is 0 Å². The average Bonchev–Trinajstić information content (AvgIpc) is 2.93. The van der Waals surface area contributed by atoms with Crippen LogP contribution in [0, 0.1) is 10.8 Å². The van der Waals surface area contributed by atoms with Gasteiger partial charge in [0, 0.05) is 37.4 Å². The summed E-state index contributed by atoms with van der Waals surface area (Å²) >= 11 is 0. The number of hydrogen-bond donors (Lipinski definition) is 0. The molecular weight excluding hydrogens is 627 g/mol. The number of allylic oxidation sites excluding steroid dienone is 2. The highest BCUT2D eigenvalue weighted by molar-refractivity contribution is 8.76. The van der Waals surface area contributed by atoms with Crippen molar-refractivity contribution >= 4 is 53.2 Å². The maximum absolute atomic E-state index is 11.2. The zero-order valence-corrected chi connectivity index (χ0v) is 32.0. The first-order chi connectivity index (χ1) is 20.0. The van der Waals surface area contributed by atoms with Crippen LogP contribution in [0.5, 0.6) is 0 Å². The Hall–Kier alpha value is -0.660. The van der Waals surface area contributed by atoms with Gasteiger partial charge in [-0.25, -0.2) is 8.42 Å². The summed E-state index contributed by atoms with van der Waals surface area (Å²) in [5, 5.41) is 0. The third-order valence-electron chi connectivity index (χ3n) is 4.92. The summed E-state index contributed by atoms with van der Waals surface area (Å²) in [5.41, 5.74) is -0.741. The molecule has 256 valence electrons. The maximum atomic E-state index is 11.2. The third-order valence-corrected chi connectivity index (χ3v) is 9.60. The Morgan fingerprint density at radius 1 is 0.837 bits per heavy atom. The molecular formula is C31H61NO7S4. The molecule has 1 saturated heterocycles.